The predicted octanol–water partition coefficient (Wildman–Crippen LogP) is 4.29. The molecule has 0 atom stereocenters. The van der Waals surface area contributed by atoms with Crippen LogP contribution in [0, 0.1) is 0 Å². The molecule has 96 valence electrons. The second-order valence-electron chi connectivity index (χ2n) is 4.19. The number of hydrogen-bond acceptors (Lipinski definition) is 4. The van der Waals surface area contributed by atoms with Crippen molar-refractivity contribution in [3.05, 3.63) is 28.6 Å². The predicted molar refractivity (Wildman–Crippen MR) is 77.9 cm³/mol. The molecule has 0 aliphatic rings. The zero-order chi connectivity index (χ0) is 13.1. The molecule has 2 rings (SSSR count). The van der Waals surface area contributed by atoms with Gasteiger partial charge < -0.3 is 10.1 Å². The zero-order valence-corrected chi connectivity index (χ0v) is 12.1. The molecule has 0 radical (unpaired) electrons. The first-order valence-electron chi connectivity index (χ1n) is 5.66. The first-order valence-corrected chi connectivity index (χ1v) is 6.92. The van der Waals surface area contributed by atoms with Gasteiger partial charge in [-0.25, -0.2) is 4.98 Å². The van der Waals surface area contributed by atoms with Gasteiger partial charge in [0, 0.05) is 17.0 Å². The highest BCUT2D eigenvalue weighted by atomic mass is 35.5. The number of hydrogen-bond donors (Lipinski definition) is 1. The topological polar surface area (TPSA) is 34.1 Å². The minimum atomic E-state index is 0.378. The van der Waals surface area contributed by atoms with Crippen LogP contribution in [0.15, 0.2) is 23.6 Å². The Labute approximate surface area is 116 Å². The first kappa shape index (κ1) is 13.2. The van der Waals surface area contributed by atoms with Gasteiger partial charge in [0.05, 0.1) is 17.8 Å². The normalized spacial score (nSPS) is 10.7. The van der Waals surface area contributed by atoms with Gasteiger partial charge in [0.15, 0.2) is 5.13 Å². The van der Waals surface area contributed by atoms with Crippen LogP contribution in [0.3, 0.4) is 0 Å². The highest BCUT2D eigenvalue weighted by Crippen LogP contribution is 2.31. The van der Waals surface area contributed by atoms with Crippen LogP contribution in [0.4, 0.5) is 5.13 Å². The SMILES string of the molecule is COc1ccc(-c2csc(NC(C)C)n2)cc1Cl. The summed E-state index contributed by atoms with van der Waals surface area (Å²) in [6.45, 7) is 4.18. The molecule has 1 heterocycles. The molecule has 3 nitrogen and oxygen atoms in total. The molecule has 1 N–H and O–H groups in total. The Hall–Kier alpha value is -1.26. The zero-order valence-electron chi connectivity index (χ0n) is 10.5. The number of rotatable bonds is 4. The summed E-state index contributed by atoms with van der Waals surface area (Å²) >= 11 is 7.70. The summed E-state index contributed by atoms with van der Waals surface area (Å²) in [5.41, 5.74) is 1.92. The van der Waals surface area contributed by atoms with E-state index in [4.69, 9.17) is 16.3 Å². The van der Waals surface area contributed by atoms with Gasteiger partial charge in [-0.05, 0) is 32.0 Å². The Morgan fingerprint density at radius 3 is 2.78 bits per heavy atom. The molecular formula is C13H15ClN2OS. The molecule has 5 heteroatoms. The summed E-state index contributed by atoms with van der Waals surface area (Å²) < 4.78 is 5.13. The second kappa shape index (κ2) is 5.59. The Kier molecular flexibility index (Phi) is 4.09. The Balaban J connectivity index is 2.26. The highest BCUT2D eigenvalue weighted by Gasteiger charge is 2.08. The molecule has 0 saturated carbocycles. The third-order valence-corrected chi connectivity index (χ3v) is 3.43. The standard InChI is InChI=1S/C13H15ClN2OS/c1-8(2)15-13-16-11(7-18-13)9-4-5-12(17-3)10(14)6-9/h4-8H,1-3H3,(H,15,16). The maximum atomic E-state index is 6.11. The summed E-state index contributed by atoms with van der Waals surface area (Å²) in [5.74, 6) is 0.677. The highest BCUT2D eigenvalue weighted by molar-refractivity contribution is 7.14. The summed E-state index contributed by atoms with van der Waals surface area (Å²) in [7, 11) is 1.61. The fourth-order valence-electron chi connectivity index (χ4n) is 1.55. The Bertz CT molecular complexity index is 540. The molecule has 18 heavy (non-hydrogen) atoms. The van der Waals surface area contributed by atoms with Crippen molar-refractivity contribution in [1.29, 1.82) is 0 Å². The van der Waals surface area contributed by atoms with Crippen LogP contribution in [0.5, 0.6) is 5.75 Å². The number of thiazole rings is 1. The van der Waals surface area contributed by atoms with Crippen molar-refractivity contribution in [1.82, 2.24) is 4.98 Å². The lowest BCUT2D eigenvalue weighted by Crippen LogP contribution is -2.08. The minimum absolute atomic E-state index is 0.378. The molecule has 0 unspecified atom stereocenters. The average Bonchev–Trinajstić information content (AvgIpc) is 2.76. The van der Waals surface area contributed by atoms with E-state index in [1.165, 1.54) is 0 Å². The maximum Gasteiger partial charge on any atom is 0.183 e. The van der Waals surface area contributed by atoms with Crippen LogP contribution in [0.1, 0.15) is 13.8 Å². The Morgan fingerprint density at radius 2 is 2.17 bits per heavy atom. The van der Waals surface area contributed by atoms with Crippen molar-refractivity contribution in [2.45, 2.75) is 19.9 Å². The summed E-state index contributed by atoms with van der Waals surface area (Å²) in [6.07, 6.45) is 0. The number of halogens is 1. The van der Waals surface area contributed by atoms with Crippen molar-refractivity contribution >= 4 is 28.1 Å². The molecular weight excluding hydrogens is 268 g/mol. The van der Waals surface area contributed by atoms with Crippen molar-refractivity contribution in [2.75, 3.05) is 12.4 Å². The minimum Gasteiger partial charge on any atom is -0.495 e. The van der Waals surface area contributed by atoms with Crippen molar-refractivity contribution in [3.8, 4) is 17.0 Å². The first-order chi connectivity index (χ1) is 8.60. The van der Waals surface area contributed by atoms with Gasteiger partial charge in [-0.15, -0.1) is 11.3 Å². The number of ether oxygens (including phenoxy) is 1. The van der Waals surface area contributed by atoms with Gasteiger partial charge in [0.25, 0.3) is 0 Å². The van der Waals surface area contributed by atoms with Crippen LogP contribution < -0.4 is 10.1 Å². The second-order valence-corrected chi connectivity index (χ2v) is 5.45. The van der Waals surface area contributed by atoms with E-state index in [2.05, 4.69) is 24.1 Å². The Morgan fingerprint density at radius 1 is 1.39 bits per heavy atom. The molecule has 0 fully saturated rings. The summed E-state index contributed by atoms with van der Waals surface area (Å²) in [4.78, 5) is 4.53. The average molecular weight is 283 g/mol. The third kappa shape index (κ3) is 2.94. The quantitative estimate of drug-likeness (QED) is 0.908. The smallest absolute Gasteiger partial charge is 0.183 e. The lowest BCUT2D eigenvalue weighted by molar-refractivity contribution is 0.415. The number of aromatic nitrogens is 1. The number of anilines is 1. The van der Waals surface area contributed by atoms with E-state index in [-0.39, 0.29) is 0 Å². The van der Waals surface area contributed by atoms with E-state index in [0.29, 0.717) is 16.8 Å². The largest absolute Gasteiger partial charge is 0.495 e. The van der Waals surface area contributed by atoms with Crippen LogP contribution in [0.2, 0.25) is 5.02 Å². The number of nitrogens with one attached hydrogen (secondary N) is 1. The van der Waals surface area contributed by atoms with Gasteiger partial charge in [-0.2, -0.15) is 0 Å². The number of methoxy groups -OCH3 is 1. The van der Waals surface area contributed by atoms with E-state index >= 15 is 0 Å². The van der Waals surface area contributed by atoms with Crippen LogP contribution in [-0.2, 0) is 0 Å². The fourth-order valence-corrected chi connectivity index (χ4v) is 2.67. The fraction of sp³-hybridized carbons (Fsp3) is 0.308. The van der Waals surface area contributed by atoms with E-state index in [1.54, 1.807) is 18.4 Å². The van der Waals surface area contributed by atoms with E-state index < -0.39 is 0 Å². The van der Waals surface area contributed by atoms with Gasteiger partial charge in [0.1, 0.15) is 5.75 Å². The van der Waals surface area contributed by atoms with Gasteiger partial charge in [0.2, 0.25) is 0 Å². The van der Waals surface area contributed by atoms with E-state index in [0.717, 1.165) is 16.4 Å². The summed E-state index contributed by atoms with van der Waals surface area (Å²) in [6, 6.07) is 6.06. The van der Waals surface area contributed by atoms with Crippen LogP contribution in [0.25, 0.3) is 11.3 Å². The van der Waals surface area contributed by atoms with Crippen molar-refractivity contribution in [2.24, 2.45) is 0 Å². The lowest BCUT2D eigenvalue weighted by atomic mass is 10.2. The molecule has 0 amide bonds. The van der Waals surface area contributed by atoms with Crippen molar-refractivity contribution in [3.63, 3.8) is 0 Å². The molecule has 0 aliphatic carbocycles. The molecule has 1 aromatic heterocycles. The monoisotopic (exact) mass is 282 g/mol. The van der Waals surface area contributed by atoms with Gasteiger partial charge >= 0.3 is 0 Å². The van der Waals surface area contributed by atoms with Crippen LogP contribution >= 0.6 is 22.9 Å². The van der Waals surface area contributed by atoms with Crippen molar-refractivity contribution < 1.29 is 4.74 Å². The summed E-state index contributed by atoms with van der Waals surface area (Å²) in [5, 5.41) is 6.82. The third-order valence-electron chi connectivity index (χ3n) is 2.36. The molecule has 2 aromatic rings. The van der Waals surface area contributed by atoms with Crippen LogP contribution in [-0.4, -0.2) is 18.1 Å². The molecule has 0 aliphatic heterocycles. The molecule has 0 spiro atoms. The van der Waals surface area contributed by atoms with E-state index in [1.807, 2.05) is 23.6 Å². The maximum absolute atomic E-state index is 6.11. The number of nitrogens with zero attached hydrogens (tertiary/aromatic N) is 1. The van der Waals surface area contributed by atoms with E-state index in [9.17, 15) is 0 Å². The number of benzene rings is 1. The molecule has 1 aromatic carbocycles. The van der Waals surface area contributed by atoms with Gasteiger partial charge in [-0.1, -0.05) is 11.6 Å². The molecule has 0 bridgehead atoms. The lowest BCUT2D eigenvalue weighted by Gasteiger charge is -2.05. The molecule has 0 saturated heterocycles. The van der Waals surface area contributed by atoms with Gasteiger partial charge in [-0.3, -0.25) is 0 Å².